The van der Waals surface area contributed by atoms with Crippen LogP contribution in [0.3, 0.4) is 0 Å². The lowest BCUT2D eigenvalue weighted by Gasteiger charge is -2.32. The molecule has 0 aromatic carbocycles. The molecule has 0 aromatic heterocycles. The van der Waals surface area contributed by atoms with E-state index in [-0.39, 0.29) is 36.0 Å². The Kier molecular flexibility index (Phi) is 14.1. The molecule has 2 fully saturated rings. The third-order valence-electron chi connectivity index (χ3n) is 4.48. The molecular formula is C20H44Cl2N2O2. The first-order chi connectivity index (χ1) is 10.9. The van der Waals surface area contributed by atoms with E-state index in [9.17, 15) is 0 Å². The van der Waals surface area contributed by atoms with Crippen molar-refractivity contribution >= 4 is 24.8 Å². The van der Waals surface area contributed by atoms with Gasteiger partial charge in [-0.1, -0.05) is 0 Å². The SMILES string of the molecule is CC(C)(C)OC1CCC(N)CC1.CC(C)(C)OC1CCC(N)CC1.Cl.Cl. The predicted octanol–water partition coefficient (Wildman–Crippen LogP) is 4.99. The Morgan fingerprint density at radius 2 is 0.769 bits per heavy atom. The van der Waals surface area contributed by atoms with Gasteiger partial charge in [-0.2, -0.15) is 0 Å². The van der Waals surface area contributed by atoms with Crippen LogP contribution in [0.1, 0.15) is 92.9 Å². The summed E-state index contributed by atoms with van der Waals surface area (Å²) >= 11 is 0. The first-order valence-electron chi connectivity index (χ1n) is 9.81. The zero-order valence-corrected chi connectivity index (χ0v) is 19.4. The van der Waals surface area contributed by atoms with E-state index >= 15 is 0 Å². The van der Waals surface area contributed by atoms with Crippen molar-refractivity contribution in [2.75, 3.05) is 0 Å². The van der Waals surface area contributed by atoms with Crippen molar-refractivity contribution < 1.29 is 9.47 Å². The lowest BCUT2D eigenvalue weighted by Crippen LogP contribution is -2.34. The average Bonchev–Trinajstić information content (AvgIpc) is 2.42. The van der Waals surface area contributed by atoms with Crippen molar-refractivity contribution in [2.24, 2.45) is 11.5 Å². The molecule has 2 aliphatic rings. The molecule has 0 radical (unpaired) electrons. The molecule has 0 amide bonds. The van der Waals surface area contributed by atoms with Crippen molar-refractivity contribution in [3.05, 3.63) is 0 Å². The zero-order chi connectivity index (χ0) is 18.4. The largest absolute Gasteiger partial charge is 0.373 e. The first-order valence-corrected chi connectivity index (χ1v) is 9.81. The van der Waals surface area contributed by atoms with Gasteiger partial charge in [-0.25, -0.2) is 0 Å². The summed E-state index contributed by atoms with van der Waals surface area (Å²) in [6, 6.07) is 0.842. The molecule has 0 saturated heterocycles. The van der Waals surface area contributed by atoms with Crippen LogP contribution in [0.25, 0.3) is 0 Å². The molecule has 0 unspecified atom stereocenters. The van der Waals surface area contributed by atoms with Gasteiger partial charge in [0.05, 0.1) is 23.4 Å². The van der Waals surface area contributed by atoms with E-state index in [0.717, 1.165) is 51.4 Å². The van der Waals surface area contributed by atoms with E-state index in [4.69, 9.17) is 20.9 Å². The third-order valence-corrected chi connectivity index (χ3v) is 4.48. The highest BCUT2D eigenvalue weighted by Gasteiger charge is 2.24. The fraction of sp³-hybridized carbons (Fsp3) is 1.00. The van der Waals surface area contributed by atoms with Crippen LogP contribution >= 0.6 is 24.8 Å². The van der Waals surface area contributed by atoms with Crippen molar-refractivity contribution in [1.29, 1.82) is 0 Å². The lowest BCUT2D eigenvalue weighted by atomic mass is 9.93. The summed E-state index contributed by atoms with van der Waals surface area (Å²) in [6.07, 6.45) is 9.95. The smallest absolute Gasteiger partial charge is 0.0602 e. The van der Waals surface area contributed by atoms with Gasteiger partial charge < -0.3 is 20.9 Å². The van der Waals surface area contributed by atoms with Gasteiger partial charge in [-0.15, -0.1) is 24.8 Å². The summed E-state index contributed by atoms with van der Waals surface area (Å²) in [6.45, 7) is 12.7. The molecule has 0 bridgehead atoms. The van der Waals surface area contributed by atoms with E-state index in [1.54, 1.807) is 0 Å². The van der Waals surface area contributed by atoms with Crippen LogP contribution in [0.2, 0.25) is 0 Å². The normalized spacial score (nSPS) is 29.5. The topological polar surface area (TPSA) is 70.5 Å². The highest BCUT2D eigenvalue weighted by Crippen LogP contribution is 2.25. The van der Waals surface area contributed by atoms with Crippen molar-refractivity contribution in [3.63, 3.8) is 0 Å². The monoisotopic (exact) mass is 414 g/mol. The summed E-state index contributed by atoms with van der Waals surface area (Å²) in [5.41, 5.74) is 11.6. The predicted molar refractivity (Wildman–Crippen MR) is 117 cm³/mol. The minimum atomic E-state index is 0. The molecule has 0 spiro atoms. The fourth-order valence-corrected chi connectivity index (χ4v) is 3.41. The fourth-order valence-electron chi connectivity index (χ4n) is 3.41. The van der Waals surface area contributed by atoms with Crippen LogP contribution in [0.15, 0.2) is 0 Å². The summed E-state index contributed by atoms with van der Waals surface area (Å²) in [7, 11) is 0. The van der Waals surface area contributed by atoms with Crippen LogP contribution in [0.4, 0.5) is 0 Å². The average molecular weight is 415 g/mol. The van der Waals surface area contributed by atoms with Gasteiger partial charge in [0.15, 0.2) is 0 Å². The van der Waals surface area contributed by atoms with Crippen LogP contribution in [-0.2, 0) is 9.47 Å². The van der Waals surface area contributed by atoms with Gasteiger partial charge in [-0.3, -0.25) is 0 Å². The molecule has 0 aromatic rings. The molecule has 2 aliphatic carbocycles. The first kappa shape index (κ1) is 28.6. The standard InChI is InChI=1S/2C10H21NO.2ClH/c2*1-10(2,3)12-9-6-4-8(11)5-7-9;;/h2*8-9H,4-7,11H2,1-3H3;2*1H. The Morgan fingerprint density at radius 1 is 0.538 bits per heavy atom. The minimum absolute atomic E-state index is 0. The summed E-state index contributed by atoms with van der Waals surface area (Å²) < 4.78 is 11.7. The van der Waals surface area contributed by atoms with E-state index < -0.39 is 0 Å². The zero-order valence-electron chi connectivity index (χ0n) is 17.8. The Balaban J connectivity index is 0. The quantitative estimate of drug-likeness (QED) is 0.667. The Labute approximate surface area is 174 Å². The van der Waals surface area contributed by atoms with Crippen LogP contribution < -0.4 is 11.5 Å². The molecule has 2 saturated carbocycles. The highest BCUT2D eigenvalue weighted by molar-refractivity contribution is 5.85. The van der Waals surface area contributed by atoms with Crippen LogP contribution in [0.5, 0.6) is 0 Å². The number of rotatable bonds is 2. The van der Waals surface area contributed by atoms with Gasteiger partial charge in [0, 0.05) is 12.1 Å². The Morgan fingerprint density at radius 3 is 0.962 bits per heavy atom. The number of ether oxygens (including phenoxy) is 2. The molecule has 4 N–H and O–H groups in total. The summed E-state index contributed by atoms with van der Waals surface area (Å²) in [5, 5.41) is 0. The summed E-state index contributed by atoms with van der Waals surface area (Å²) in [5.74, 6) is 0. The van der Waals surface area contributed by atoms with E-state index in [1.165, 1.54) is 0 Å². The lowest BCUT2D eigenvalue weighted by molar-refractivity contribution is -0.0751. The molecule has 0 heterocycles. The number of halogens is 2. The maximum Gasteiger partial charge on any atom is 0.0602 e. The minimum Gasteiger partial charge on any atom is -0.373 e. The number of hydrogen-bond donors (Lipinski definition) is 2. The second kappa shape index (κ2) is 12.8. The Hall–Kier alpha value is 0.420. The molecule has 4 nitrogen and oxygen atoms in total. The second-order valence-corrected chi connectivity index (χ2v) is 9.53. The van der Waals surface area contributed by atoms with Crippen molar-refractivity contribution in [1.82, 2.24) is 0 Å². The van der Waals surface area contributed by atoms with Crippen LogP contribution in [0, 0.1) is 0 Å². The van der Waals surface area contributed by atoms with Gasteiger partial charge in [0.1, 0.15) is 0 Å². The van der Waals surface area contributed by atoms with Gasteiger partial charge >= 0.3 is 0 Å². The number of nitrogens with two attached hydrogens (primary N) is 2. The molecule has 0 atom stereocenters. The van der Waals surface area contributed by atoms with Crippen molar-refractivity contribution in [3.8, 4) is 0 Å². The highest BCUT2D eigenvalue weighted by atomic mass is 35.5. The molecule has 0 aliphatic heterocycles. The van der Waals surface area contributed by atoms with Crippen LogP contribution in [-0.4, -0.2) is 35.5 Å². The summed E-state index contributed by atoms with van der Waals surface area (Å²) in [4.78, 5) is 0. The maximum absolute atomic E-state index is 5.87. The van der Waals surface area contributed by atoms with Crippen molar-refractivity contribution in [2.45, 2.75) is 128 Å². The molecule has 160 valence electrons. The molecule has 26 heavy (non-hydrogen) atoms. The third kappa shape index (κ3) is 14.5. The Bertz CT molecular complexity index is 307. The molecule has 2 rings (SSSR count). The number of hydrogen-bond acceptors (Lipinski definition) is 4. The van der Waals surface area contributed by atoms with E-state index in [0.29, 0.717) is 24.3 Å². The van der Waals surface area contributed by atoms with Gasteiger partial charge in [-0.05, 0) is 92.9 Å². The van der Waals surface area contributed by atoms with Gasteiger partial charge in [0.2, 0.25) is 0 Å². The van der Waals surface area contributed by atoms with Gasteiger partial charge in [0.25, 0.3) is 0 Å². The second-order valence-electron chi connectivity index (χ2n) is 9.53. The molecular weight excluding hydrogens is 371 g/mol. The maximum atomic E-state index is 5.87. The van der Waals surface area contributed by atoms with E-state index in [1.807, 2.05) is 0 Å². The molecule has 6 heteroatoms. The van der Waals surface area contributed by atoms with E-state index in [2.05, 4.69) is 41.5 Å².